The van der Waals surface area contributed by atoms with Crippen molar-refractivity contribution in [1.29, 1.82) is 0 Å². The molecule has 0 spiro atoms. The van der Waals surface area contributed by atoms with Gasteiger partial charge in [0.15, 0.2) is 0 Å². The third-order valence-corrected chi connectivity index (χ3v) is 6.77. The second-order valence-electron chi connectivity index (χ2n) is 10.5. The molecule has 2 unspecified atom stereocenters. The Labute approximate surface area is 208 Å². The molecule has 35 heavy (non-hydrogen) atoms. The summed E-state index contributed by atoms with van der Waals surface area (Å²) in [7, 11) is 0. The standard InChI is InChI=1S/C29H39N3O3/c1-8-29(6,7)26-23(15-24-28(35)30-19(5)27(34)31-24)22-14-20(11-9-17(2)3)13-21(25(22)32-26)12-10-18(4)16-33/h8-10,13-14,19,24,32-33H,1,11-12,15-16H2,2-7H3,(H,30,35)(H,31,34). The Bertz CT molecular complexity index is 1200. The highest BCUT2D eigenvalue weighted by Gasteiger charge is 2.34. The van der Waals surface area contributed by atoms with Crippen LogP contribution < -0.4 is 10.6 Å². The Morgan fingerprint density at radius 1 is 1.09 bits per heavy atom. The van der Waals surface area contributed by atoms with Crippen LogP contribution in [0, 0.1) is 0 Å². The Morgan fingerprint density at radius 2 is 1.80 bits per heavy atom. The van der Waals surface area contributed by atoms with Crippen LogP contribution in [0.5, 0.6) is 0 Å². The fraction of sp³-hybridized carbons (Fsp3) is 0.448. The first-order valence-electron chi connectivity index (χ1n) is 12.3. The molecule has 0 bridgehead atoms. The molecule has 4 N–H and O–H groups in total. The van der Waals surface area contributed by atoms with Crippen LogP contribution >= 0.6 is 0 Å². The van der Waals surface area contributed by atoms with Crippen LogP contribution in [0.4, 0.5) is 0 Å². The lowest BCUT2D eigenvalue weighted by Gasteiger charge is -2.29. The van der Waals surface area contributed by atoms with Crippen molar-refractivity contribution in [1.82, 2.24) is 15.6 Å². The van der Waals surface area contributed by atoms with Gasteiger partial charge in [-0.05, 0) is 63.3 Å². The number of allylic oxidation sites excluding steroid dienone is 4. The summed E-state index contributed by atoms with van der Waals surface area (Å²) < 4.78 is 0. The van der Waals surface area contributed by atoms with Crippen LogP contribution in [0.3, 0.4) is 0 Å². The fourth-order valence-corrected chi connectivity index (χ4v) is 4.39. The maximum Gasteiger partial charge on any atom is 0.243 e. The van der Waals surface area contributed by atoms with Crippen molar-refractivity contribution in [2.75, 3.05) is 6.61 Å². The number of aromatic nitrogens is 1. The molecule has 188 valence electrons. The summed E-state index contributed by atoms with van der Waals surface area (Å²) >= 11 is 0. The van der Waals surface area contributed by atoms with E-state index in [1.807, 2.05) is 13.0 Å². The van der Waals surface area contributed by atoms with Crippen molar-refractivity contribution >= 4 is 22.7 Å². The number of amides is 2. The van der Waals surface area contributed by atoms with Gasteiger partial charge in [-0.3, -0.25) is 9.59 Å². The molecule has 1 saturated heterocycles. The highest BCUT2D eigenvalue weighted by Crippen LogP contribution is 2.36. The SMILES string of the molecule is C=CC(C)(C)c1[nH]c2c(CC=C(C)CO)cc(CC=C(C)C)cc2c1CC1NC(=O)C(C)NC1=O. The number of H-pyrrole nitrogens is 1. The largest absolute Gasteiger partial charge is 0.392 e. The van der Waals surface area contributed by atoms with Crippen LogP contribution in [0.2, 0.25) is 0 Å². The molecule has 2 atom stereocenters. The Hall–Kier alpha value is -3.12. The highest BCUT2D eigenvalue weighted by atomic mass is 16.3. The number of aromatic amines is 1. The average Bonchev–Trinajstić information content (AvgIpc) is 3.18. The van der Waals surface area contributed by atoms with E-state index in [0.29, 0.717) is 12.8 Å². The van der Waals surface area contributed by atoms with E-state index in [1.165, 1.54) is 11.1 Å². The van der Waals surface area contributed by atoms with Crippen molar-refractivity contribution in [2.24, 2.45) is 0 Å². The minimum absolute atomic E-state index is 0.0280. The average molecular weight is 478 g/mol. The molecule has 0 aliphatic carbocycles. The summed E-state index contributed by atoms with van der Waals surface area (Å²) in [6.45, 7) is 16.0. The summed E-state index contributed by atoms with van der Waals surface area (Å²) in [5, 5.41) is 16.2. The molecule has 1 aromatic carbocycles. The second kappa shape index (κ2) is 10.6. The number of fused-ring (bicyclic) bond motifs is 1. The summed E-state index contributed by atoms with van der Waals surface area (Å²) in [6.07, 6.45) is 8.02. The summed E-state index contributed by atoms with van der Waals surface area (Å²) in [5.74, 6) is -0.343. The van der Waals surface area contributed by atoms with E-state index in [0.717, 1.165) is 39.7 Å². The third kappa shape index (κ3) is 5.93. The number of aliphatic hydroxyl groups is 1. The first kappa shape index (κ1) is 26.5. The van der Waals surface area contributed by atoms with Crippen LogP contribution in [-0.2, 0) is 34.3 Å². The number of carbonyl (C=O) groups excluding carboxylic acids is 2. The van der Waals surface area contributed by atoms with Crippen LogP contribution in [-0.4, -0.2) is 40.6 Å². The van der Waals surface area contributed by atoms with Gasteiger partial charge in [-0.25, -0.2) is 0 Å². The number of nitrogens with one attached hydrogen (secondary N) is 3. The Morgan fingerprint density at radius 3 is 2.43 bits per heavy atom. The lowest BCUT2D eigenvalue weighted by molar-refractivity contribution is -0.136. The number of hydrogen-bond acceptors (Lipinski definition) is 3. The molecule has 6 nitrogen and oxygen atoms in total. The van der Waals surface area contributed by atoms with Gasteiger partial charge in [-0.1, -0.05) is 49.3 Å². The molecule has 2 amide bonds. The van der Waals surface area contributed by atoms with E-state index < -0.39 is 12.1 Å². The number of carbonyl (C=O) groups is 2. The summed E-state index contributed by atoms with van der Waals surface area (Å²) in [6, 6.07) is 3.23. The number of hydrogen-bond donors (Lipinski definition) is 4. The molecule has 1 fully saturated rings. The van der Waals surface area contributed by atoms with Crippen LogP contribution in [0.1, 0.15) is 63.9 Å². The number of aliphatic hydroxyl groups excluding tert-OH is 1. The van der Waals surface area contributed by atoms with Crippen molar-refractivity contribution in [2.45, 2.75) is 78.3 Å². The zero-order chi connectivity index (χ0) is 25.9. The highest BCUT2D eigenvalue weighted by molar-refractivity contribution is 5.97. The molecule has 2 heterocycles. The van der Waals surface area contributed by atoms with E-state index >= 15 is 0 Å². The number of rotatable bonds is 9. The molecule has 1 aliphatic heterocycles. The van der Waals surface area contributed by atoms with Gasteiger partial charge >= 0.3 is 0 Å². The normalized spacial score (nSPS) is 18.9. The van der Waals surface area contributed by atoms with Gasteiger partial charge in [0.25, 0.3) is 0 Å². The van der Waals surface area contributed by atoms with Gasteiger partial charge in [-0.15, -0.1) is 6.58 Å². The van der Waals surface area contributed by atoms with E-state index in [2.05, 4.69) is 74.2 Å². The Balaban J connectivity index is 2.22. The third-order valence-electron chi connectivity index (χ3n) is 6.77. The minimum atomic E-state index is -0.640. The van der Waals surface area contributed by atoms with Crippen molar-refractivity contribution in [3.8, 4) is 0 Å². The second-order valence-corrected chi connectivity index (χ2v) is 10.5. The summed E-state index contributed by atoms with van der Waals surface area (Å²) in [4.78, 5) is 28.8. The molecular weight excluding hydrogens is 438 g/mol. The number of benzene rings is 1. The van der Waals surface area contributed by atoms with Gasteiger partial charge in [-0.2, -0.15) is 0 Å². The predicted octanol–water partition coefficient (Wildman–Crippen LogP) is 4.17. The monoisotopic (exact) mass is 477 g/mol. The lowest BCUT2D eigenvalue weighted by Crippen LogP contribution is -2.61. The van der Waals surface area contributed by atoms with Gasteiger partial charge in [0.2, 0.25) is 11.8 Å². The maximum absolute atomic E-state index is 12.8. The van der Waals surface area contributed by atoms with Crippen LogP contribution in [0.15, 0.2) is 48.1 Å². The quantitative estimate of drug-likeness (QED) is 0.409. The van der Waals surface area contributed by atoms with Gasteiger partial charge in [0.05, 0.1) is 6.61 Å². The van der Waals surface area contributed by atoms with Gasteiger partial charge < -0.3 is 20.7 Å². The summed E-state index contributed by atoms with van der Waals surface area (Å²) in [5.41, 5.74) is 7.13. The zero-order valence-corrected chi connectivity index (χ0v) is 21.8. The van der Waals surface area contributed by atoms with E-state index in [9.17, 15) is 14.7 Å². The molecule has 0 saturated carbocycles. The topological polar surface area (TPSA) is 94.2 Å². The first-order valence-corrected chi connectivity index (χ1v) is 12.3. The molecule has 0 radical (unpaired) electrons. The lowest BCUT2D eigenvalue weighted by atomic mass is 9.84. The maximum atomic E-state index is 12.8. The zero-order valence-electron chi connectivity index (χ0n) is 21.8. The predicted molar refractivity (Wildman–Crippen MR) is 142 cm³/mol. The van der Waals surface area contributed by atoms with E-state index in [4.69, 9.17) is 0 Å². The first-order chi connectivity index (χ1) is 16.5. The molecule has 1 aromatic heterocycles. The molecular formula is C29H39N3O3. The Kier molecular flexibility index (Phi) is 8.06. The minimum Gasteiger partial charge on any atom is -0.392 e. The fourth-order valence-electron chi connectivity index (χ4n) is 4.39. The van der Waals surface area contributed by atoms with Gasteiger partial charge in [0, 0.05) is 28.4 Å². The van der Waals surface area contributed by atoms with Crippen LogP contribution in [0.25, 0.3) is 10.9 Å². The molecule has 1 aliphatic rings. The number of piperazine rings is 1. The van der Waals surface area contributed by atoms with E-state index in [-0.39, 0.29) is 23.8 Å². The molecule has 3 rings (SSSR count). The van der Waals surface area contributed by atoms with E-state index in [1.54, 1.807) is 6.92 Å². The van der Waals surface area contributed by atoms with Crippen molar-refractivity contribution < 1.29 is 14.7 Å². The molecule has 2 aromatic rings. The smallest absolute Gasteiger partial charge is 0.243 e. The van der Waals surface area contributed by atoms with Crippen molar-refractivity contribution in [3.05, 3.63) is 70.5 Å². The molecule has 6 heteroatoms. The van der Waals surface area contributed by atoms with Gasteiger partial charge in [0.1, 0.15) is 12.1 Å². The van der Waals surface area contributed by atoms with Crippen molar-refractivity contribution in [3.63, 3.8) is 0 Å².